The van der Waals surface area contributed by atoms with Crippen molar-refractivity contribution in [2.24, 2.45) is 5.92 Å². The van der Waals surface area contributed by atoms with Crippen molar-refractivity contribution in [1.29, 1.82) is 0 Å². The summed E-state index contributed by atoms with van der Waals surface area (Å²) < 4.78 is 0. The van der Waals surface area contributed by atoms with Gasteiger partial charge in [-0.2, -0.15) is 0 Å². The van der Waals surface area contributed by atoms with Crippen molar-refractivity contribution in [2.75, 3.05) is 25.0 Å². The maximum Gasteiger partial charge on any atom is 0.335 e. The first kappa shape index (κ1) is 15.9. The molecule has 20 heavy (non-hydrogen) atoms. The second kappa shape index (κ2) is 6.88. The topological polar surface area (TPSA) is 82.5 Å². The normalized spacial score (nSPS) is 10.4. The maximum absolute atomic E-state index is 11.7. The molecule has 0 spiro atoms. The van der Waals surface area contributed by atoms with Crippen LogP contribution < -0.4 is 10.2 Å². The molecule has 1 aromatic rings. The molecular weight excluding hydrogens is 258 g/mol. The first-order chi connectivity index (χ1) is 9.29. The van der Waals surface area contributed by atoms with Crippen LogP contribution in [0.2, 0.25) is 0 Å². The zero-order chi connectivity index (χ0) is 15.3. The van der Waals surface area contributed by atoms with Gasteiger partial charge in [0.15, 0.2) is 0 Å². The molecule has 0 aromatic carbocycles. The molecule has 1 rings (SSSR count). The fourth-order valence-corrected chi connectivity index (χ4v) is 1.64. The van der Waals surface area contributed by atoms with Gasteiger partial charge in [0.2, 0.25) is 5.91 Å². The number of carbonyl (C=O) groups excluding carboxylic acids is 1. The van der Waals surface area contributed by atoms with Gasteiger partial charge in [0.1, 0.15) is 5.82 Å². The van der Waals surface area contributed by atoms with Gasteiger partial charge >= 0.3 is 5.97 Å². The highest BCUT2D eigenvalue weighted by Crippen LogP contribution is 2.13. The van der Waals surface area contributed by atoms with Gasteiger partial charge in [-0.3, -0.25) is 4.79 Å². The van der Waals surface area contributed by atoms with E-state index < -0.39 is 5.97 Å². The number of nitrogens with zero attached hydrogens (tertiary/aromatic N) is 2. The van der Waals surface area contributed by atoms with Crippen molar-refractivity contribution in [3.05, 3.63) is 23.4 Å². The third-order valence-corrected chi connectivity index (χ3v) is 2.67. The molecule has 0 saturated carbocycles. The summed E-state index contributed by atoms with van der Waals surface area (Å²) in [6.07, 6.45) is 0. The van der Waals surface area contributed by atoms with Gasteiger partial charge in [-0.1, -0.05) is 13.8 Å². The number of carbonyl (C=O) groups is 2. The Morgan fingerprint density at radius 3 is 2.60 bits per heavy atom. The Morgan fingerprint density at radius 2 is 2.05 bits per heavy atom. The van der Waals surface area contributed by atoms with E-state index in [1.807, 2.05) is 13.8 Å². The second-order valence-corrected chi connectivity index (χ2v) is 5.21. The van der Waals surface area contributed by atoms with Gasteiger partial charge < -0.3 is 15.3 Å². The van der Waals surface area contributed by atoms with Crippen LogP contribution >= 0.6 is 0 Å². The minimum Gasteiger partial charge on any atom is -0.478 e. The number of amides is 1. The van der Waals surface area contributed by atoms with Gasteiger partial charge in [0.25, 0.3) is 0 Å². The van der Waals surface area contributed by atoms with Gasteiger partial charge in [-0.05, 0) is 25.0 Å². The summed E-state index contributed by atoms with van der Waals surface area (Å²) in [5.74, 6) is -0.252. The van der Waals surface area contributed by atoms with Crippen molar-refractivity contribution >= 4 is 17.7 Å². The maximum atomic E-state index is 11.7. The van der Waals surface area contributed by atoms with E-state index in [1.54, 1.807) is 18.9 Å². The third kappa shape index (κ3) is 4.87. The van der Waals surface area contributed by atoms with Crippen molar-refractivity contribution < 1.29 is 14.7 Å². The molecule has 2 N–H and O–H groups in total. The fourth-order valence-electron chi connectivity index (χ4n) is 1.64. The molecule has 0 aliphatic rings. The lowest BCUT2D eigenvalue weighted by Crippen LogP contribution is -2.37. The lowest BCUT2D eigenvalue weighted by molar-refractivity contribution is -0.119. The molecule has 110 valence electrons. The van der Waals surface area contributed by atoms with Gasteiger partial charge in [-0.25, -0.2) is 9.78 Å². The SMILES string of the molecule is Cc1cc(C(=O)O)cc(N(C)CC(=O)NCC(C)C)n1. The molecule has 1 heterocycles. The number of carboxylic acids is 1. The Labute approximate surface area is 118 Å². The van der Waals surface area contributed by atoms with Crippen LogP contribution in [-0.2, 0) is 4.79 Å². The molecule has 1 amide bonds. The molecule has 0 bridgehead atoms. The van der Waals surface area contributed by atoms with E-state index in [-0.39, 0.29) is 18.0 Å². The summed E-state index contributed by atoms with van der Waals surface area (Å²) in [4.78, 5) is 28.6. The van der Waals surface area contributed by atoms with Crippen LogP contribution in [0.5, 0.6) is 0 Å². The second-order valence-electron chi connectivity index (χ2n) is 5.21. The van der Waals surface area contributed by atoms with E-state index in [9.17, 15) is 9.59 Å². The summed E-state index contributed by atoms with van der Waals surface area (Å²) in [7, 11) is 1.71. The first-order valence-electron chi connectivity index (χ1n) is 6.49. The molecule has 0 saturated heterocycles. The average molecular weight is 279 g/mol. The van der Waals surface area contributed by atoms with Crippen molar-refractivity contribution in [3.8, 4) is 0 Å². The highest BCUT2D eigenvalue weighted by atomic mass is 16.4. The van der Waals surface area contributed by atoms with Crippen LogP contribution in [0.1, 0.15) is 29.9 Å². The van der Waals surface area contributed by atoms with Crippen molar-refractivity contribution in [2.45, 2.75) is 20.8 Å². The lowest BCUT2D eigenvalue weighted by Gasteiger charge is -2.19. The summed E-state index contributed by atoms with van der Waals surface area (Å²) >= 11 is 0. The predicted octanol–water partition coefficient (Wildman–Crippen LogP) is 1.30. The van der Waals surface area contributed by atoms with Gasteiger partial charge in [0, 0.05) is 19.3 Å². The minimum absolute atomic E-state index is 0.110. The van der Waals surface area contributed by atoms with E-state index in [4.69, 9.17) is 5.11 Å². The number of hydrogen-bond donors (Lipinski definition) is 2. The number of aromatic nitrogens is 1. The molecule has 0 aliphatic heterocycles. The lowest BCUT2D eigenvalue weighted by atomic mass is 10.2. The summed E-state index contributed by atoms with van der Waals surface area (Å²) in [5.41, 5.74) is 0.774. The minimum atomic E-state index is -1.01. The van der Waals surface area contributed by atoms with Crippen LogP contribution in [0.3, 0.4) is 0 Å². The molecule has 0 unspecified atom stereocenters. The molecule has 0 radical (unpaired) electrons. The van der Waals surface area contributed by atoms with E-state index >= 15 is 0 Å². The number of aromatic carboxylic acids is 1. The number of carboxylic acid groups (broad SMARTS) is 1. The van der Waals surface area contributed by atoms with Gasteiger partial charge in [-0.15, -0.1) is 0 Å². The van der Waals surface area contributed by atoms with Crippen molar-refractivity contribution in [1.82, 2.24) is 10.3 Å². The first-order valence-corrected chi connectivity index (χ1v) is 6.49. The smallest absolute Gasteiger partial charge is 0.335 e. The Balaban J connectivity index is 2.74. The van der Waals surface area contributed by atoms with E-state index in [2.05, 4.69) is 10.3 Å². The Morgan fingerprint density at radius 1 is 1.40 bits per heavy atom. The molecule has 1 aromatic heterocycles. The third-order valence-electron chi connectivity index (χ3n) is 2.67. The van der Waals surface area contributed by atoms with Crippen LogP contribution in [0.25, 0.3) is 0 Å². The van der Waals surface area contributed by atoms with E-state index in [0.717, 1.165) is 0 Å². The number of anilines is 1. The standard InChI is InChI=1S/C14H21N3O3/c1-9(2)7-15-13(18)8-17(4)12-6-11(14(19)20)5-10(3)16-12/h5-6,9H,7-8H2,1-4H3,(H,15,18)(H,19,20). The monoisotopic (exact) mass is 279 g/mol. The van der Waals surface area contributed by atoms with Gasteiger partial charge in [0.05, 0.1) is 12.1 Å². The van der Waals surface area contributed by atoms with Crippen LogP contribution in [-0.4, -0.2) is 42.1 Å². The van der Waals surface area contributed by atoms with Crippen LogP contribution in [0, 0.1) is 12.8 Å². The highest BCUT2D eigenvalue weighted by molar-refractivity contribution is 5.89. The predicted molar refractivity (Wildman–Crippen MR) is 77.1 cm³/mol. The average Bonchev–Trinajstić information content (AvgIpc) is 2.35. The fraction of sp³-hybridized carbons (Fsp3) is 0.500. The van der Waals surface area contributed by atoms with Crippen molar-refractivity contribution in [3.63, 3.8) is 0 Å². The molecule has 0 fully saturated rings. The number of hydrogen-bond acceptors (Lipinski definition) is 4. The van der Waals surface area contributed by atoms with E-state index in [1.165, 1.54) is 12.1 Å². The Kier molecular flexibility index (Phi) is 5.49. The Hall–Kier alpha value is -2.11. The molecule has 6 heteroatoms. The van der Waals surface area contributed by atoms with Crippen LogP contribution in [0.4, 0.5) is 5.82 Å². The van der Waals surface area contributed by atoms with Crippen LogP contribution in [0.15, 0.2) is 12.1 Å². The molecule has 0 atom stereocenters. The summed E-state index contributed by atoms with van der Waals surface area (Å²) in [5, 5.41) is 11.8. The number of aryl methyl sites for hydroxylation is 1. The number of likely N-dealkylation sites (N-methyl/N-ethyl adjacent to an activating group) is 1. The Bertz CT molecular complexity index is 500. The molecule has 6 nitrogen and oxygen atoms in total. The summed E-state index contributed by atoms with van der Waals surface area (Å²) in [6.45, 7) is 6.52. The molecular formula is C14H21N3O3. The number of pyridine rings is 1. The number of nitrogens with one attached hydrogen (secondary N) is 1. The zero-order valence-electron chi connectivity index (χ0n) is 12.3. The quantitative estimate of drug-likeness (QED) is 0.820. The molecule has 0 aliphatic carbocycles. The zero-order valence-corrected chi connectivity index (χ0v) is 12.3. The largest absolute Gasteiger partial charge is 0.478 e. The number of rotatable bonds is 6. The summed E-state index contributed by atoms with van der Waals surface area (Å²) in [6, 6.07) is 2.96. The van der Waals surface area contributed by atoms with E-state index in [0.29, 0.717) is 24.0 Å². The highest BCUT2D eigenvalue weighted by Gasteiger charge is 2.12.